The molecule has 64 valence electrons. The summed E-state index contributed by atoms with van der Waals surface area (Å²) in [7, 11) is 0. The predicted molar refractivity (Wildman–Crippen MR) is 48.2 cm³/mol. The second-order valence-corrected chi connectivity index (χ2v) is 1.87. The van der Waals surface area contributed by atoms with Gasteiger partial charge in [-0.25, -0.2) is 4.79 Å². The van der Waals surface area contributed by atoms with Gasteiger partial charge >= 0.3 is 0 Å². The zero-order chi connectivity index (χ0) is 9.07. The van der Waals surface area contributed by atoms with E-state index in [1.165, 1.54) is 6.08 Å². The molecule has 0 fully saturated rings. The van der Waals surface area contributed by atoms with Crippen LogP contribution in [0.5, 0.6) is 0 Å². The fraction of sp³-hybridized carbons (Fsp3) is 0.222. The first-order valence-electron chi connectivity index (χ1n) is 3.71. The van der Waals surface area contributed by atoms with Crippen molar-refractivity contribution in [3.8, 4) is 0 Å². The molecule has 0 aliphatic heterocycles. The van der Waals surface area contributed by atoms with Crippen LogP contribution >= 0.6 is 0 Å². The number of nitrogens with zero attached hydrogens (tertiary/aromatic N) is 1. The zero-order valence-corrected chi connectivity index (χ0v) is 7.03. The minimum absolute atomic E-state index is 0.676. The van der Waals surface area contributed by atoms with Gasteiger partial charge in [-0.1, -0.05) is 41.5 Å². The molecule has 0 saturated heterocycles. The Morgan fingerprint density at radius 2 is 1.58 bits per heavy atom. The second-order valence-electron chi connectivity index (χ2n) is 1.87. The fourth-order valence-corrected chi connectivity index (χ4v) is 0.496. The first-order chi connectivity index (χ1) is 5.91. The van der Waals surface area contributed by atoms with E-state index in [0.29, 0.717) is 6.54 Å². The van der Waals surface area contributed by atoms with Crippen molar-refractivity contribution in [2.75, 3.05) is 6.54 Å². The molecule has 0 heterocycles. The maximum Gasteiger partial charge on any atom is 0.258 e. The summed E-state index contributed by atoms with van der Waals surface area (Å²) in [6.45, 7) is 2.52. The SMILES string of the molecule is CCNN=C=O.c1ccccc1. The van der Waals surface area contributed by atoms with E-state index in [9.17, 15) is 4.79 Å². The molecule has 1 N–H and O–H groups in total. The van der Waals surface area contributed by atoms with Crippen LogP contribution in [-0.4, -0.2) is 12.6 Å². The second kappa shape index (κ2) is 9.40. The highest BCUT2D eigenvalue weighted by Gasteiger charge is 1.59. The molecule has 0 radical (unpaired) electrons. The van der Waals surface area contributed by atoms with Gasteiger partial charge in [-0.15, -0.1) is 0 Å². The molecular weight excluding hydrogens is 152 g/mol. The van der Waals surface area contributed by atoms with E-state index in [0.717, 1.165) is 0 Å². The number of hydrogen-bond donors (Lipinski definition) is 1. The first-order valence-corrected chi connectivity index (χ1v) is 3.71. The number of hydrogen-bond acceptors (Lipinski definition) is 3. The molecule has 12 heavy (non-hydrogen) atoms. The minimum atomic E-state index is 0.676. The van der Waals surface area contributed by atoms with Crippen LogP contribution in [0, 0.1) is 0 Å². The largest absolute Gasteiger partial charge is 0.299 e. The molecule has 0 aromatic heterocycles. The summed E-state index contributed by atoms with van der Waals surface area (Å²) in [5, 5.41) is 3.03. The Kier molecular flexibility index (Phi) is 8.15. The molecule has 0 aliphatic rings. The van der Waals surface area contributed by atoms with Gasteiger partial charge in [0.15, 0.2) is 0 Å². The number of rotatable bonds is 2. The van der Waals surface area contributed by atoms with Gasteiger partial charge in [0.05, 0.1) is 0 Å². The van der Waals surface area contributed by atoms with Crippen LogP contribution in [0.1, 0.15) is 6.92 Å². The highest BCUT2D eigenvalue weighted by Crippen LogP contribution is 1.79. The van der Waals surface area contributed by atoms with Crippen molar-refractivity contribution in [2.24, 2.45) is 5.10 Å². The topological polar surface area (TPSA) is 41.5 Å². The van der Waals surface area contributed by atoms with Crippen molar-refractivity contribution < 1.29 is 4.79 Å². The zero-order valence-electron chi connectivity index (χ0n) is 7.03. The van der Waals surface area contributed by atoms with Gasteiger partial charge in [0.2, 0.25) is 0 Å². The Balaban J connectivity index is 0.000000202. The van der Waals surface area contributed by atoms with Crippen molar-refractivity contribution in [2.45, 2.75) is 6.92 Å². The molecule has 1 aromatic rings. The molecule has 0 unspecified atom stereocenters. The number of hydrazone groups is 1. The van der Waals surface area contributed by atoms with E-state index in [4.69, 9.17) is 0 Å². The first kappa shape index (κ1) is 10.4. The molecule has 1 rings (SSSR count). The lowest BCUT2D eigenvalue weighted by molar-refractivity contribution is 0.558. The van der Waals surface area contributed by atoms with Gasteiger partial charge in [-0.2, -0.15) is 0 Å². The molecule has 1 aromatic carbocycles. The quantitative estimate of drug-likeness (QED) is 0.409. The maximum absolute atomic E-state index is 9.21. The summed E-state index contributed by atoms with van der Waals surface area (Å²) in [5.41, 5.74) is 2.40. The minimum Gasteiger partial charge on any atom is -0.299 e. The number of isocyanates is 1. The third-order valence-electron chi connectivity index (χ3n) is 0.949. The molecular formula is C9H12N2O. The normalized spacial score (nSPS) is 7.08. The molecule has 3 nitrogen and oxygen atoms in total. The third kappa shape index (κ3) is 8.40. The lowest BCUT2D eigenvalue weighted by Gasteiger charge is -1.80. The Morgan fingerprint density at radius 3 is 1.75 bits per heavy atom. The number of benzene rings is 1. The predicted octanol–water partition coefficient (Wildman–Crippen LogP) is 1.53. The average Bonchev–Trinajstić information content (AvgIpc) is 2.18. The van der Waals surface area contributed by atoms with E-state index in [1.807, 2.05) is 43.3 Å². The molecule has 0 spiro atoms. The highest BCUT2D eigenvalue weighted by molar-refractivity contribution is 5.31. The van der Waals surface area contributed by atoms with Crippen molar-refractivity contribution >= 4 is 6.08 Å². The number of carbonyl (C=O) groups excluding carboxylic acids is 1. The lowest BCUT2D eigenvalue weighted by atomic mass is 10.4. The van der Waals surface area contributed by atoms with E-state index < -0.39 is 0 Å². The van der Waals surface area contributed by atoms with Crippen LogP contribution < -0.4 is 5.43 Å². The molecule has 0 atom stereocenters. The van der Waals surface area contributed by atoms with Crippen molar-refractivity contribution in [1.29, 1.82) is 0 Å². The van der Waals surface area contributed by atoms with Gasteiger partial charge in [0, 0.05) is 6.54 Å². The Labute approximate surface area is 72.1 Å². The van der Waals surface area contributed by atoms with Crippen LogP contribution in [0.4, 0.5) is 0 Å². The molecule has 0 saturated carbocycles. The summed E-state index contributed by atoms with van der Waals surface area (Å²) in [4.78, 5) is 9.21. The summed E-state index contributed by atoms with van der Waals surface area (Å²) in [5.74, 6) is 0. The highest BCUT2D eigenvalue weighted by atomic mass is 16.1. The Hall–Kier alpha value is -1.60. The van der Waals surface area contributed by atoms with Gasteiger partial charge in [-0.3, -0.25) is 5.43 Å². The van der Waals surface area contributed by atoms with E-state index in [-0.39, 0.29) is 0 Å². The third-order valence-corrected chi connectivity index (χ3v) is 0.949. The molecule has 0 amide bonds. The summed E-state index contributed by atoms with van der Waals surface area (Å²) >= 11 is 0. The summed E-state index contributed by atoms with van der Waals surface area (Å²) in [6, 6.07) is 12.0. The number of nitrogens with one attached hydrogen (secondary N) is 1. The van der Waals surface area contributed by atoms with Crippen LogP contribution in [0.3, 0.4) is 0 Å². The Bertz CT molecular complexity index is 191. The van der Waals surface area contributed by atoms with E-state index in [2.05, 4.69) is 10.5 Å². The smallest absolute Gasteiger partial charge is 0.258 e. The van der Waals surface area contributed by atoms with E-state index in [1.54, 1.807) is 0 Å². The Morgan fingerprint density at radius 1 is 1.17 bits per heavy atom. The van der Waals surface area contributed by atoms with Crippen molar-refractivity contribution in [3.05, 3.63) is 36.4 Å². The van der Waals surface area contributed by atoms with Gasteiger partial charge in [0.25, 0.3) is 6.08 Å². The van der Waals surface area contributed by atoms with Crippen LogP contribution in [0.2, 0.25) is 0 Å². The fourth-order valence-electron chi connectivity index (χ4n) is 0.496. The maximum atomic E-state index is 9.21. The monoisotopic (exact) mass is 164 g/mol. The molecule has 0 bridgehead atoms. The van der Waals surface area contributed by atoms with Gasteiger partial charge in [0.1, 0.15) is 0 Å². The average molecular weight is 164 g/mol. The molecule has 0 aliphatic carbocycles. The van der Waals surface area contributed by atoms with Gasteiger partial charge < -0.3 is 0 Å². The lowest BCUT2D eigenvalue weighted by Crippen LogP contribution is -2.00. The van der Waals surface area contributed by atoms with Crippen LogP contribution in [-0.2, 0) is 4.79 Å². The van der Waals surface area contributed by atoms with Crippen LogP contribution in [0.15, 0.2) is 41.5 Å². The van der Waals surface area contributed by atoms with Crippen molar-refractivity contribution in [1.82, 2.24) is 5.43 Å². The summed E-state index contributed by atoms with van der Waals surface area (Å²) < 4.78 is 0. The van der Waals surface area contributed by atoms with E-state index >= 15 is 0 Å². The van der Waals surface area contributed by atoms with Crippen molar-refractivity contribution in [3.63, 3.8) is 0 Å². The van der Waals surface area contributed by atoms with Gasteiger partial charge in [-0.05, 0) is 6.92 Å². The standard InChI is InChI=1S/C6H6.C3H6N2O/c1-2-4-6-5-3-1;1-2-4-5-3-6/h1-6H;4H,2H2,1H3. The van der Waals surface area contributed by atoms with Crippen LogP contribution in [0.25, 0.3) is 0 Å². The molecule has 3 heteroatoms. The summed E-state index contributed by atoms with van der Waals surface area (Å²) in [6.07, 6.45) is 1.33.